The number of hydrogen-bond acceptors (Lipinski definition) is 4. The molecule has 0 aliphatic heterocycles. The van der Waals surface area contributed by atoms with Crippen LogP contribution < -0.4 is 10.1 Å². The standard InChI is InChI=1S/C26H23ClN4O2S/c1-17-18(2)34-26(30-25(33)22-8-3-4-9-23(22)27)31(17)16-19-10-12-20(13-11-19)24(32)29-15-21-7-5-6-14-28-21/h3-14H,15-16H2,1-2H3,(H,29,32). The fourth-order valence-corrected chi connectivity index (χ4v) is 4.56. The molecule has 2 heterocycles. The summed E-state index contributed by atoms with van der Waals surface area (Å²) in [7, 11) is 0. The molecule has 8 heteroatoms. The Balaban J connectivity index is 1.51. The van der Waals surface area contributed by atoms with E-state index >= 15 is 0 Å². The van der Waals surface area contributed by atoms with Crippen molar-refractivity contribution in [3.63, 3.8) is 0 Å². The number of carbonyl (C=O) groups is 2. The minimum Gasteiger partial charge on any atom is -0.346 e. The van der Waals surface area contributed by atoms with Gasteiger partial charge < -0.3 is 9.88 Å². The summed E-state index contributed by atoms with van der Waals surface area (Å²) in [4.78, 5) is 35.5. The summed E-state index contributed by atoms with van der Waals surface area (Å²) in [6.07, 6.45) is 1.70. The predicted octanol–water partition coefficient (Wildman–Crippen LogP) is 4.93. The lowest BCUT2D eigenvalue weighted by atomic mass is 10.1. The molecule has 1 N–H and O–H groups in total. The Hall–Kier alpha value is -3.55. The van der Waals surface area contributed by atoms with Gasteiger partial charge in [-0.1, -0.05) is 41.9 Å². The van der Waals surface area contributed by atoms with Crippen molar-refractivity contribution in [3.05, 3.63) is 116 Å². The van der Waals surface area contributed by atoms with E-state index in [1.54, 1.807) is 42.6 Å². The summed E-state index contributed by atoms with van der Waals surface area (Å²) in [6, 6.07) is 19.9. The van der Waals surface area contributed by atoms with E-state index in [4.69, 9.17) is 11.6 Å². The Labute approximate surface area is 206 Å². The van der Waals surface area contributed by atoms with E-state index in [9.17, 15) is 9.59 Å². The van der Waals surface area contributed by atoms with E-state index in [1.807, 2.05) is 48.7 Å². The van der Waals surface area contributed by atoms with Gasteiger partial charge in [0, 0.05) is 22.3 Å². The van der Waals surface area contributed by atoms with Crippen molar-refractivity contribution in [2.75, 3.05) is 0 Å². The average molecular weight is 491 g/mol. The molecule has 172 valence electrons. The minimum absolute atomic E-state index is 0.159. The van der Waals surface area contributed by atoms with Crippen LogP contribution in [0, 0.1) is 13.8 Å². The summed E-state index contributed by atoms with van der Waals surface area (Å²) >= 11 is 7.63. The summed E-state index contributed by atoms with van der Waals surface area (Å²) in [5, 5.41) is 3.26. The SMILES string of the molecule is Cc1sc(=NC(=O)c2ccccc2Cl)n(Cc2ccc(C(=O)NCc3ccccn3)cc2)c1C. The lowest BCUT2D eigenvalue weighted by Gasteiger charge is -2.09. The van der Waals surface area contributed by atoms with Crippen LogP contribution >= 0.6 is 22.9 Å². The number of halogens is 1. The van der Waals surface area contributed by atoms with Gasteiger partial charge in [-0.3, -0.25) is 14.6 Å². The molecular formula is C26H23ClN4O2S. The largest absolute Gasteiger partial charge is 0.346 e. The van der Waals surface area contributed by atoms with Crippen LogP contribution in [0.2, 0.25) is 5.02 Å². The zero-order chi connectivity index (χ0) is 24.1. The molecule has 6 nitrogen and oxygen atoms in total. The van der Waals surface area contributed by atoms with Crippen LogP contribution in [0.4, 0.5) is 0 Å². The van der Waals surface area contributed by atoms with Crippen LogP contribution in [0.5, 0.6) is 0 Å². The highest BCUT2D eigenvalue weighted by atomic mass is 35.5. The summed E-state index contributed by atoms with van der Waals surface area (Å²) in [6.45, 7) is 4.91. The highest BCUT2D eigenvalue weighted by Crippen LogP contribution is 2.17. The van der Waals surface area contributed by atoms with Crippen LogP contribution in [-0.2, 0) is 13.1 Å². The Bertz CT molecular complexity index is 1390. The number of aryl methyl sites for hydroxylation is 1. The fourth-order valence-electron chi connectivity index (χ4n) is 3.37. The number of thiazole rings is 1. The van der Waals surface area contributed by atoms with Crippen molar-refractivity contribution in [2.45, 2.75) is 26.9 Å². The van der Waals surface area contributed by atoms with Crippen LogP contribution in [0.15, 0.2) is 77.9 Å². The van der Waals surface area contributed by atoms with Crippen LogP contribution in [-0.4, -0.2) is 21.4 Å². The van der Waals surface area contributed by atoms with Gasteiger partial charge >= 0.3 is 0 Å². The van der Waals surface area contributed by atoms with Crippen LogP contribution in [0.1, 0.15) is 42.5 Å². The third kappa shape index (κ3) is 5.50. The fraction of sp³-hybridized carbons (Fsp3) is 0.154. The number of amides is 2. The number of rotatable bonds is 6. The van der Waals surface area contributed by atoms with Gasteiger partial charge in [0.1, 0.15) is 0 Å². The highest BCUT2D eigenvalue weighted by molar-refractivity contribution is 7.09. The third-order valence-corrected chi connectivity index (χ3v) is 6.83. The van der Waals surface area contributed by atoms with Crippen molar-refractivity contribution in [2.24, 2.45) is 4.99 Å². The molecule has 0 unspecified atom stereocenters. The first kappa shape index (κ1) is 23.6. The van der Waals surface area contributed by atoms with Gasteiger partial charge in [0.15, 0.2) is 4.80 Å². The van der Waals surface area contributed by atoms with E-state index in [1.165, 1.54) is 11.3 Å². The number of nitrogens with one attached hydrogen (secondary N) is 1. The Kier molecular flexibility index (Phi) is 7.35. The smallest absolute Gasteiger partial charge is 0.281 e. The van der Waals surface area contributed by atoms with E-state index in [2.05, 4.69) is 15.3 Å². The third-order valence-electron chi connectivity index (χ3n) is 5.40. The molecule has 0 aliphatic carbocycles. The number of benzene rings is 2. The monoisotopic (exact) mass is 490 g/mol. The molecular weight excluding hydrogens is 468 g/mol. The van der Waals surface area contributed by atoms with Gasteiger partial charge in [0.05, 0.1) is 29.4 Å². The Morgan fingerprint density at radius 3 is 2.47 bits per heavy atom. The molecule has 0 atom stereocenters. The second-order valence-corrected chi connectivity index (χ2v) is 9.30. The van der Waals surface area contributed by atoms with Crippen molar-refractivity contribution in [1.82, 2.24) is 14.9 Å². The number of aromatic nitrogens is 2. The molecule has 0 radical (unpaired) electrons. The molecule has 4 aromatic rings. The molecule has 2 amide bonds. The first-order chi connectivity index (χ1) is 16.4. The first-order valence-electron chi connectivity index (χ1n) is 10.7. The number of pyridine rings is 1. The quantitative estimate of drug-likeness (QED) is 0.416. The van der Waals surface area contributed by atoms with E-state index in [0.717, 1.165) is 21.8 Å². The molecule has 0 saturated heterocycles. The number of hydrogen-bond donors (Lipinski definition) is 1. The second kappa shape index (κ2) is 10.6. The van der Waals surface area contributed by atoms with E-state index in [0.29, 0.717) is 34.0 Å². The molecule has 34 heavy (non-hydrogen) atoms. The van der Waals surface area contributed by atoms with Crippen LogP contribution in [0.3, 0.4) is 0 Å². The van der Waals surface area contributed by atoms with E-state index < -0.39 is 0 Å². The normalized spacial score (nSPS) is 11.4. The lowest BCUT2D eigenvalue weighted by molar-refractivity contribution is 0.0949. The van der Waals surface area contributed by atoms with Crippen molar-refractivity contribution in [1.29, 1.82) is 0 Å². The molecule has 0 spiro atoms. The molecule has 0 saturated carbocycles. The Morgan fingerprint density at radius 2 is 1.76 bits per heavy atom. The van der Waals surface area contributed by atoms with Crippen LogP contribution in [0.25, 0.3) is 0 Å². The summed E-state index contributed by atoms with van der Waals surface area (Å²) < 4.78 is 2.00. The van der Waals surface area contributed by atoms with Gasteiger partial charge in [-0.05, 0) is 55.8 Å². The summed E-state index contributed by atoms with van der Waals surface area (Å²) in [5.74, 6) is -0.533. The number of nitrogens with zero attached hydrogens (tertiary/aromatic N) is 3. The molecule has 2 aromatic carbocycles. The predicted molar refractivity (Wildman–Crippen MR) is 134 cm³/mol. The molecule has 0 bridgehead atoms. The van der Waals surface area contributed by atoms with Gasteiger partial charge in [-0.25, -0.2) is 0 Å². The maximum Gasteiger partial charge on any atom is 0.281 e. The van der Waals surface area contributed by atoms with E-state index in [-0.39, 0.29) is 11.8 Å². The van der Waals surface area contributed by atoms with Crippen molar-refractivity contribution < 1.29 is 9.59 Å². The van der Waals surface area contributed by atoms with Gasteiger partial charge in [-0.2, -0.15) is 4.99 Å². The maximum atomic E-state index is 12.7. The lowest BCUT2D eigenvalue weighted by Crippen LogP contribution is -2.23. The van der Waals surface area contributed by atoms with Crippen molar-refractivity contribution >= 4 is 34.8 Å². The second-order valence-electron chi connectivity index (χ2n) is 7.71. The molecule has 0 fully saturated rings. The molecule has 4 rings (SSSR count). The van der Waals surface area contributed by atoms with Gasteiger partial charge in [0.2, 0.25) is 0 Å². The van der Waals surface area contributed by atoms with Crippen molar-refractivity contribution in [3.8, 4) is 0 Å². The minimum atomic E-state index is -0.375. The number of carbonyl (C=O) groups excluding carboxylic acids is 2. The zero-order valence-corrected chi connectivity index (χ0v) is 20.4. The molecule has 0 aliphatic rings. The average Bonchev–Trinajstić information content (AvgIpc) is 3.11. The molecule has 2 aromatic heterocycles. The zero-order valence-electron chi connectivity index (χ0n) is 18.8. The topological polar surface area (TPSA) is 76.3 Å². The summed E-state index contributed by atoms with van der Waals surface area (Å²) in [5.41, 5.74) is 3.78. The maximum absolute atomic E-state index is 12.7. The van der Waals surface area contributed by atoms with Gasteiger partial charge in [0.25, 0.3) is 11.8 Å². The highest BCUT2D eigenvalue weighted by Gasteiger charge is 2.13. The first-order valence-corrected chi connectivity index (χ1v) is 11.9. The van der Waals surface area contributed by atoms with Gasteiger partial charge in [-0.15, -0.1) is 11.3 Å². The Morgan fingerprint density at radius 1 is 1.03 bits per heavy atom.